The molecule has 2 fully saturated rings. The van der Waals surface area contributed by atoms with E-state index in [2.05, 4.69) is 20.6 Å². The number of aliphatic hydroxyl groups excluding tert-OH is 1. The van der Waals surface area contributed by atoms with Crippen LogP contribution in [-0.4, -0.2) is 63.9 Å². The zero-order valence-corrected chi connectivity index (χ0v) is 18.0. The highest BCUT2D eigenvalue weighted by Gasteiger charge is 2.27. The second-order valence-electron chi connectivity index (χ2n) is 7.83. The van der Waals surface area contributed by atoms with E-state index >= 15 is 0 Å². The van der Waals surface area contributed by atoms with E-state index in [0.717, 1.165) is 25.9 Å². The normalized spacial score (nSPS) is 22.5. The van der Waals surface area contributed by atoms with Gasteiger partial charge in [-0.25, -0.2) is 4.98 Å². The van der Waals surface area contributed by atoms with Gasteiger partial charge in [0, 0.05) is 24.2 Å². The average Bonchev–Trinajstić information content (AvgIpc) is 2.70. The van der Waals surface area contributed by atoms with Crippen molar-refractivity contribution >= 4 is 35.2 Å². The third kappa shape index (κ3) is 4.20. The molecule has 0 bridgehead atoms. The van der Waals surface area contributed by atoms with Crippen LogP contribution < -0.4 is 16.2 Å². The molecule has 30 heavy (non-hydrogen) atoms. The second-order valence-corrected chi connectivity index (χ2v) is 7.83. The highest BCUT2D eigenvalue weighted by Crippen LogP contribution is 2.26. The van der Waals surface area contributed by atoms with Gasteiger partial charge in [-0.15, -0.1) is 12.4 Å². The largest absolute Gasteiger partial charge is 0.389 e. The lowest BCUT2D eigenvalue weighted by molar-refractivity contribution is -0.0136. The summed E-state index contributed by atoms with van der Waals surface area (Å²) in [6, 6.07) is -0.237. The fourth-order valence-electron chi connectivity index (χ4n) is 4.28. The van der Waals surface area contributed by atoms with Gasteiger partial charge in [-0.05, 0) is 51.8 Å². The summed E-state index contributed by atoms with van der Waals surface area (Å²) in [6.45, 7) is 5.64. The fraction of sp³-hybridized carbons (Fsp3) is 0.600. The van der Waals surface area contributed by atoms with Crippen LogP contribution in [0.4, 0.5) is 5.95 Å². The number of anilines is 1. The molecular formula is C20H28ClN5O4. The molecule has 2 aromatic rings. The molecule has 2 aromatic heterocycles. The molecule has 4 rings (SSSR count). The van der Waals surface area contributed by atoms with Crippen molar-refractivity contribution in [3.8, 4) is 0 Å². The summed E-state index contributed by atoms with van der Waals surface area (Å²) in [4.78, 5) is 34.6. The second kappa shape index (κ2) is 9.38. The number of pyridine rings is 1. The fourth-order valence-corrected chi connectivity index (χ4v) is 4.28. The number of Topliss-reactive ketones (excluding diaryl/α,β-unsaturated/α-hetero) is 1. The van der Waals surface area contributed by atoms with Crippen LogP contribution in [0, 0.1) is 6.92 Å². The first-order valence-electron chi connectivity index (χ1n) is 10.1. The number of ketones is 1. The number of aromatic nitrogens is 3. The molecule has 0 radical (unpaired) electrons. The van der Waals surface area contributed by atoms with Crippen molar-refractivity contribution in [3.63, 3.8) is 0 Å². The number of nitrogens with one attached hydrogen (secondary N) is 2. The smallest absolute Gasteiger partial charge is 0.263 e. The lowest BCUT2D eigenvalue weighted by Crippen LogP contribution is -2.42. The molecule has 2 aliphatic heterocycles. The molecule has 0 saturated carbocycles. The Morgan fingerprint density at radius 1 is 1.33 bits per heavy atom. The Labute approximate surface area is 180 Å². The minimum atomic E-state index is -0.642. The Hall–Kier alpha value is -2.07. The van der Waals surface area contributed by atoms with Crippen LogP contribution >= 0.6 is 12.4 Å². The van der Waals surface area contributed by atoms with E-state index in [4.69, 9.17) is 4.74 Å². The molecule has 0 spiro atoms. The predicted octanol–water partition coefficient (Wildman–Crippen LogP) is 1.21. The van der Waals surface area contributed by atoms with Gasteiger partial charge in [-0.3, -0.25) is 14.2 Å². The molecule has 0 aliphatic carbocycles. The van der Waals surface area contributed by atoms with E-state index in [9.17, 15) is 14.7 Å². The first kappa shape index (κ1) is 22.6. The van der Waals surface area contributed by atoms with Crippen molar-refractivity contribution in [1.29, 1.82) is 0 Å². The van der Waals surface area contributed by atoms with Gasteiger partial charge in [0.15, 0.2) is 5.78 Å². The molecule has 4 heterocycles. The SMILES string of the molecule is CC(=O)c1c(C)c2cnc(N[C@@H]3CCOC[C@H]3O)nc2n(C2CCNCC2)c1=O.Cl. The minimum absolute atomic E-state index is 0. The van der Waals surface area contributed by atoms with Crippen molar-refractivity contribution in [2.45, 2.75) is 51.3 Å². The molecule has 9 nitrogen and oxygen atoms in total. The van der Waals surface area contributed by atoms with E-state index in [1.807, 2.05) is 0 Å². The highest BCUT2D eigenvalue weighted by molar-refractivity contribution is 5.99. The van der Waals surface area contributed by atoms with Crippen molar-refractivity contribution in [3.05, 3.63) is 27.7 Å². The van der Waals surface area contributed by atoms with Gasteiger partial charge in [0.25, 0.3) is 5.56 Å². The van der Waals surface area contributed by atoms with Crippen molar-refractivity contribution in [2.24, 2.45) is 0 Å². The average molecular weight is 438 g/mol. The van der Waals surface area contributed by atoms with E-state index in [-0.39, 0.29) is 48.0 Å². The van der Waals surface area contributed by atoms with E-state index in [1.54, 1.807) is 17.7 Å². The molecule has 2 atom stereocenters. The molecule has 0 aromatic carbocycles. The van der Waals surface area contributed by atoms with Gasteiger partial charge < -0.3 is 20.5 Å². The first-order chi connectivity index (χ1) is 14.0. The maximum atomic E-state index is 13.3. The van der Waals surface area contributed by atoms with Crippen molar-refractivity contribution < 1.29 is 14.6 Å². The summed E-state index contributed by atoms with van der Waals surface area (Å²) in [5.41, 5.74) is 1.06. The lowest BCUT2D eigenvalue weighted by Gasteiger charge is -2.29. The third-order valence-corrected chi connectivity index (χ3v) is 5.88. The summed E-state index contributed by atoms with van der Waals surface area (Å²) in [5, 5.41) is 17.3. The van der Waals surface area contributed by atoms with Crippen LogP contribution in [0.25, 0.3) is 11.0 Å². The summed E-state index contributed by atoms with van der Waals surface area (Å²) >= 11 is 0. The number of carbonyl (C=O) groups is 1. The number of fused-ring (bicyclic) bond motifs is 1. The predicted molar refractivity (Wildman–Crippen MR) is 116 cm³/mol. The van der Waals surface area contributed by atoms with Crippen molar-refractivity contribution in [1.82, 2.24) is 19.9 Å². The van der Waals surface area contributed by atoms with E-state index in [1.165, 1.54) is 6.92 Å². The van der Waals surface area contributed by atoms with Gasteiger partial charge in [0.05, 0.1) is 24.3 Å². The van der Waals surface area contributed by atoms with Gasteiger partial charge >= 0.3 is 0 Å². The number of carbonyl (C=O) groups excluding carboxylic acids is 1. The number of rotatable bonds is 4. The van der Waals surface area contributed by atoms with Gasteiger partial charge in [0.1, 0.15) is 5.65 Å². The lowest BCUT2D eigenvalue weighted by atomic mass is 10.0. The van der Waals surface area contributed by atoms with Crippen LogP contribution in [0.2, 0.25) is 0 Å². The number of aryl methyl sites for hydroxylation is 1. The summed E-state index contributed by atoms with van der Waals surface area (Å²) < 4.78 is 6.95. The van der Waals surface area contributed by atoms with Crippen LogP contribution in [0.1, 0.15) is 48.1 Å². The van der Waals surface area contributed by atoms with Crippen LogP contribution in [0.15, 0.2) is 11.0 Å². The molecule has 2 aliphatic rings. The van der Waals surface area contributed by atoms with Crippen LogP contribution in [0.3, 0.4) is 0 Å². The number of hydrogen-bond acceptors (Lipinski definition) is 8. The Morgan fingerprint density at radius 3 is 2.73 bits per heavy atom. The third-order valence-electron chi connectivity index (χ3n) is 5.88. The number of halogens is 1. The highest BCUT2D eigenvalue weighted by atomic mass is 35.5. The quantitative estimate of drug-likeness (QED) is 0.611. The topological polar surface area (TPSA) is 118 Å². The number of aliphatic hydroxyl groups is 1. The standard InChI is InChI=1S/C20H27N5O4.ClH/c1-11-14-9-22-20(23-15-5-8-29-10-16(15)27)24-18(14)25(13-3-6-21-7-4-13)19(28)17(11)12(2)26;/h9,13,15-16,21,27H,3-8,10H2,1-2H3,(H,22,23,24);1H/t15-,16-;/m1./s1. The minimum Gasteiger partial charge on any atom is -0.389 e. The maximum absolute atomic E-state index is 13.3. The summed E-state index contributed by atoms with van der Waals surface area (Å²) in [6.07, 6.45) is 3.25. The van der Waals surface area contributed by atoms with E-state index in [0.29, 0.717) is 35.6 Å². The number of piperidine rings is 1. The number of nitrogens with zero attached hydrogens (tertiary/aromatic N) is 3. The number of ether oxygens (including phenoxy) is 1. The Kier molecular flexibility index (Phi) is 7.07. The molecule has 2 saturated heterocycles. The molecule has 10 heteroatoms. The van der Waals surface area contributed by atoms with Crippen LogP contribution in [0.5, 0.6) is 0 Å². The van der Waals surface area contributed by atoms with Gasteiger partial charge in [-0.2, -0.15) is 4.98 Å². The summed E-state index contributed by atoms with van der Waals surface area (Å²) in [7, 11) is 0. The zero-order chi connectivity index (χ0) is 20.5. The Morgan fingerprint density at radius 2 is 2.07 bits per heavy atom. The Bertz CT molecular complexity index is 989. The van der Waals surface area contributed by atoms with Crippen LogP contribution in [-0.2, 0) is 4.74 Å². The maximum Gasteiger partial charge on any atom is 0.263 e. The molecule has 0 amide bonds. The summed E-state index contributed by atoms with van der Waals surface area (Å²) in [5.74, 6) is 0.116. The first-order valence-corrected chi connectivity index (χ1v) is 10.1. The van der Waals surface area contributed by atoms with E-state index < -0.39 is 6.10 Å². The molecular weight excluding hydrogens is 410 g/mol. The Balaban J connectivity index is 0.00000256. The monoisotopic (exact) mass is 437 g/mol. The number of hydrogen-bond donors (Lipinski definition) is 3. The molecule has 164 valence electrons. The molecule has 0 unspecified atom stereocenters. The van der Waals surface area contributed by atoms with Crippen molar-refractivity contribution in [2.75, 3.05) is 31.6 Å². The van der Waals surface area contributed by atoms with Gasteiger partial charge in [0.2, 0.25) is 5.95 Å². The van der Waals surface area contributed by atoms with Gasteiger partial charge in [-0.1, -0.05) is 0 Å². The zero-order valence-electron chi connectivity index (χ0n) is 17.2. The molecule has 3 N–H and O–H groups in total.